The number of hydrogen-bond donors (Lipinski definition) is 1. The SMILES string of the molecule is N#CCc1cc(N)ncc1-c1ccc(Cl)c(Cl)c1. The zero-order chi connectivity index (χ0) is 13.1. The molecule has 0 fully saturated rings. The van der Waals surface area contributed by atoms with E-state index < -0.39 is 0 Å². The van der Waals surface area contributed by atoms with E-state index in [-0.39, 0.29) is 6.42 Å². The molecule has 0 saturated heterocycles. The minimum Gasteiger partial charge on any atom is -0.384 e. The summed E-state index contributed by atoms with van der Waals surface area (Å²) in [6.07, 6.45) is 1.91. The summed E-state index contributed by atoms with van der Waals surface area (Å²) in [5.41, 5.74) is 8.15. The Labute approximate surface area is 115 Å². The monoisotopic (exact) mass is 277 g/mol. The van der Waals surface area contributed by atoms with Crippen LogP contribution in [0.1, 0.15) is 5.56 Å². The molecule has 0 saturated carbocycles. The van der Waals surface area contributed by atoms with Gasteiger partial charge >= 0.3 is 0 Å². The topological polar surface area (TPSA) is 62.7 Å². The molecule has 1 aromatic heterocycles. The average Bonchev–Trinajstić information content (AvgIpc) is 2.34. The van der Waals surface area contributed by atoms with Crippen LogP contribution in [-0.2, 0) is 6.42 Å². The largest absolute Gasteiger partial charge is 0.384 e. The number of hydrogen-bond acceptors (Lipinski definition) is 3. The summed E-state index contributed by atoms with van der Waals surface area (Å²) in [4.78, 5) is 4.04. The third kappa shape index (κ3) is 2.56. The molecule has 90 valence electrons. The second kappa shape index (κ2) is 5.26. The Balaban J connectivity index is 2.56. The van der Waals surface area contributed by atoms with Crippen LogP contribution in [0.15, 0.2) is 30.5 Å². The van der Waals surface area contributed by atoms with Gasteiger partial charge in [-0.3, -0.25) is 0 Å². The van der Waals surface area contributed by atoms with Gasteiger partial charge in [-0.15, -0.1) is 0 Å². The highest BCUT2D eigenvalue weighted by Gasteiger charge is 2.08. The fourth-order valence-corrected chi connectivity index (χ4v) is 1.97. The lowest BCUT2D eigenvalue weighted by Crippen LogP contribution is -1.95. The number of halogens is 2. The highest BCUT2D eigenvalue weighted by atomic mass is 35.5. The number of nitrogens with zero attached hydrogens (tertiary/aromatic N) is 2. The summed E-state index contributed by atoms with van der Waals surface area (Å²) in [5.74, 6) is 0.393. The van der Waals surface area contributed by atoms with E-state index in [2.05, 4.69) is 11.1 Å². The van der Waals surface area contributed by atoms with Gasteiger partial charge in [0.2, 0.25) is 0 Å². The summed E-state index contributed by atoms with van der Waals surface area (Å²) in [7, 11) is 0. The van der Waals surface area contributed by atoms with E-state index in [1.54, 1.807) is 24.4 Å². The van der Waals surface area contributed by atoms with Crippen LogP contribution in [0.5, 0.6) is 0 Å². The van der Waals surface area contributed by atoms with Crippen molar-refractivity contribution < 1.29 is 0 Å². The normalized spacial score (nSPS) is 10.1. The molecule has 1 heterocycles. The molecule has 0 bridgehead atoms. The number of benzene rings is 1. The van der Waals surface area contributed by atoms with Crippen molar-refractivity contribution in [3.8, 4) is 17.2 Å². The highest BCUT2D eigenvalue weighted by molar-refractivity contribution is 6.42. The molecule has 2 N–H and O–H groups in total. The minimum atomic E-state index is 0.266. The van der Waals surface area contributed by atoms with E-state index in [1.165, 1.54) is 0 Å². The molecule has 0 radical (unpaired) electrons. The van der Waals surface area contributed by atoms with Crippen LogP contribution < -0.4 is 5.73 Å². The molecule has 0 spiro atoms. The molecule has 0 unspecified atom stereocenters. The van der Waals surface area contributed by atoms with Gasteiger partial charge in [-0.25, -0.2) is 4.98 Å². The molecular weight excluding hydrogens is 269 g/mol. The van der Waals surface area contributed by atoms with Crippen LogP contribution in [0.25, 0.3) is 11.1 Å². The van der Waals surface area contributed by atoms with Crippen molar-refractivity contribution in [2.24, 2.45) is 0 Å². The smallest absolute Gasteiger partial charge is 0.123 e. The van der Waals surface area contributed by atoms with Crippen molar-refractivity contribution in [1.82, 2.24) is 4.98 Å². The molecule has 1 aromatic carbocycles. The predicted molar refractivity (Wildman–Crippen MR) is 73.4 cm³/mol. The van der Waals surface area contributed by atoms with Gasteiger partial charge in [-0.1, -0.05) is 29.3 Å². The molecule has 0 aliphatic heterocycles. The summed E-state index contributed by atoms with van der Waals surface area (Å²) in [6.45, 7) is 0. The predicted octanol–water partition coefficient (Wildman–Crippen LogP) is 3.70. The maximum Gasteiger partial charge on any atom is 0.123 e. The molecule has 0 aliphatic rings. The molecule has 2 aromatic rings. The second-order valence-corrected chi connectivity index (χ2v) is 4.54. The van der Waals surface area contributed by atoms with Gasteiger partial charge in [0.1, 0.15) is 5.82 Å². The second-order valence-electron chi connectivity index (χ2n) is 3.73. The summed E-state index contributed by atoms with van der Waals surface area (Å²) in [5, 5.41) is 9.78. The number of nitrogen functional groups attached to an aromatic ring is 1. The van der Waals surface area contributed by atoms with E-state index in [9.17, 15) is 0 Å². The first-order chi connectivity index (χ1) is 8.61. The van der Waals surface area contributed by atoms with Crippen molar-refractivity contribution in [3.63, 3.8) is 0 Å². The summed E-state index contributed by atoms with van der Waals surface area (Å²) >= 11 is 11.9. The standard InChI is InChI=1S/C13H9Cl2N3/c14-11-2-1-8(5-12(11)15)10-7-18-13(17)6-9(10)3-4-16/h1-2,5-7H,3H2,(H2,17,18). The van der Waals surface area contributed by atoms with E-state index in [4.69, 9.17) is 34.2 Å². The van der Waals surface area contributed by atoms with Crippen LogP contribution in [-0.4, -0.2) is 4.98 Å². The van der Waals surface area contributed by atoms with Crippen molar-refractivity contribution in [2.45, 2.75) is 6.42 Å². The van der Waals surface area contributed by atoms with Gasteiger partial charge in [0.05, 0.1) is 22.5 Å². The number of anilines is 1. The first kappa shape index (κ1) is 12.7. The Bertz CT molecular complexity index is 633. The Hall–Kier alpha value is -1.76. The summed E-state index contributed by atoms with van der Waals surface area (Å²) in [6, 6.07) is 9.10. The first-order valence-corrected chi connectivity index (χ1v) is 5.94. The van der Waals surface area contributed by atoms with Gasteiger partial charge in [0.15, 0.2) is 0 Å². The van der Waals surface area contributed by atoms with Crippen molar-refractivity contribution >= 4 is 29.0 Å². The third-order valence-corrected chi connectivity index (χ3v) is 3.25. The van der Waals surface area contributed by atoms with Crippen LogP contribution in [0.3, 0.4) is 0 Å². The third-order valence-electron chi connectivity index (χ3n) is 2.51. The van der Waals surface area contributed by atoms with E-state index >= 15 is 0 Å². The number of nitriles is 1. The maximum atomic E-state index is 8.82. The zero-order valence-electron chi connectivity index (χ0n) is 9.32. The van der Waals surface area contributed by atoms with Gasteiger partial charge in [-0.2, -0.15) is 5.26 Å². The number of nitrogens with two attached hydrogens (primary N) is 1. The van der Waals surface area contributed by atoms with Crippen LogP contribution in [0, 0.1) is 11.3 Å². The van der Waals surface area contributed by atoms with Crippen LogP contribution in [0.2, 0.25) is 10.0 Å². The fourth-order valence-electron chi connectivity index (χ4n) is 1.67. The van der Waals surface area contributed by atoms with Gasteiger partial charge in [0, 0.05) is 11.8 Å². The Morgan fingerprint density at radius 1 is 1.22 bits per heavy atom. The molecule has 3 nitrogen and oxygen atoms in total. The average molecular weight is 278 g/mol. The maximum absolute atomic E-state index is 8.82. The van der Waals surface area contributed by atoms with Gasteiger partial charge < -0.3 is 5.73 Å². The molecule has 5 heteroatoms. The van der Waals surface area contributed by atoms with E-state index in [1.807, 2.05) is 6.07 Å². The lowest BCUT2D eigenvalue weighted by Gasteiger charge is -2.08. The fraction of sp³-hybridized carbons (Fsp3) is 0.0769. The Kier molecular flexibility index (Phi) is 3.71. The Morgan fingerprint density at radius 3 is 2.67 bits per heavy atom. The van der Waals surface area contributed by atoms with Crippen LogP contribution >= 0.6 is 23.2 Å². The molecule has 18 heavy (non-hydrogen) atoms. The number of aromatic nitrogens is 1. The molecule has 0 aliphatic carbocycles. The molecule has 0 amide bonds. The molecule has 0 atom stereocenters. The van der Waals surface area contributed by atoms with Crippen molar-refractivity contribution in [1.29, 1.82) is 5.26 Å². The zero-order valence-corrected chi connectivity index (χ0v) is 10.8. The van der Waals surface area contributed by atoms with Gasteiger partial charge in [0.25, 0.3) is 0 Å². The summed E-state index contributed by atoms with van der Waals surface area (Å²) < 4.78 is 0. The number of pyridine rings is 1. The number of rotatable bonds is 2. The van der Waals surface area contributed by atoms with Crippen LogP contribution in [0.4, 0.5) is 5.82 Å². The van der Waals surface area contributed by atoms with E-state index in [0.717, 1.165) is 16.7 Å². The highest BCUT2D eigenvalue weighted by Crippen LogP contribution is 2.30. The lowest BCUT2D eigenvalue weighted by molar-refractivity contribution is 1.22. The molecular formula is C13H9Cl2N3. The minimum absolute atomic E-state index is 0.266. The van der Waals surface area contributed by atoms with Crippen molar-refractivity contribution in [2.75, 3.05) is 5.73 Å². The quantitative estimate of drug-likeness (QED) is 0.910. The van der Waals surface area contributed by atoms with Crippen molar-refractivity contribution in [3.05, 3.63) is 46.1 Å². The van der Waals surface area contributed by atoms with E-state index in [0.29, 0.717) is 15.9 Å². The first-order valence-electron chi connectivity index (χ1n) is 5.18. The lowest BCUT2D eigenvalue weighted by atomic mass is 10.0. The molecule has 2 rings (SSSR count). The Morgan fingerprint density at radius 2 is 2.00 bits per heavy atom. The van der Waals surface area contributed by atoms with Gasteiger partial charge in [-0.05, 0) is 29.3 Å².